The van der Waals surface area contributed by atoms with Crippen molar-refractivity contribution in [1.82, 2.24) is 10.3 Å². The van der Waals surface area contributed by atoms with Crippen LogP contribution in [0.15, 0.2) is 36.5 Å². The molecule has 1 aliphatic heterocycles. The number of carbonyl (C=O) groups is 1. The van der Waals surface area contributed by atoms with Crippen LogP contribution >= 0.6 is 0 Å². The molecule has 25 heavy (non-hydrogen) atoms. The molecular weight excluding hydrogens is 312 g/mol. The standard InChI is InChI=1S/C21H26N2O2/c1-14(2)9-10-19(24)23-13-17-12-16-7-4-8-18(21(16)25-17)20-15(3)6-5-11-22-20/h4-8,11,14,17H,9-10,12-13H2,1-3H3,(H,23,24)/t17-/m1/s1. The number of aromatic nitrogens is 1. The van der Waals surface area contributed by atoms with E-state index in [1.165, 1.54) is 5.56 Å². The highest BCUT2D eigenvalue weighted by atomic mass is 16.5. The molecule has 2 aromatic rings. The number of rotatable bonds is 6. The number of para-hydroxylation sites is 1. The van der Waals surface area contributed by atoms with E-state index in [-0.39, 0.29) is 12.0 Å². The Morgan fingerprint density at radius 1 is 1.32 bits per heavy atom. The van der Waals surface area contributed by atoms with Gasteiger partial charge in [-0.3, -0.25) is 9.78 Å². The predicted molar refractivity (Wildman–Crippen MR) is 99.6 cm³/mol. The first-order valence-corrected chi connectivity index (χ1v) is 9.02. The normalized spacial score (nSPS) is 15.8. The number of nitrogens with zero attached hydrogens (tertiary/aromatic N) is 1. The van der Waals surface area contributed by atoms with E-state index in [9.17, 15) is 4.79 Å². The van der Waals surface area contributed by atoms with Crippen LogP contribution in [0.4, 0.5) is 0 Å². The van der Waals surface area contributed by atoms with Gasteiger partial charge in [-0.25, -0.2) is 0 Å². The highest BCUT2D eigenvalue weighted by Crippen LogP contribution is 2.38. The summed E-state index contributed by atoms with van der Waals surface area (Å²) in [5.74, 6) is 1.56. The third kappa shape index (κ3) is 4.19. The second-order valence-corrected chi connectivity index (χ2v) is 7.14. The van der Waals surface area contributed by atoms with E-state index in [2.05, 4.69) is 55.3 Å². The summed E-state index contributed by atoms with van der Waals surface area (Å²) in [4.78, 5) is 16.4. The fourth-order valence-corrected chi connectivity index (χ4v) is 3.14. The molecule has 1 aromatic carbocycles. The first kappa shape index (κ1) is 17.5. The molecule has 1 aliphatic rings. The van der Waals surface area contributed by atoms with Gasteiger partial charge in [-0.05, 0) is 42.5 Å². The van der Waals surface area contributed by atoms with E-state index >= 15 is 0 Å². The molecule has 0 aliphatic carbocycles. The maximum atomic E-state index is 11.9. The van der Waals surface area contributed by atoms with Crippen molar-refractivity contribution in [3.63, 3.8) is 0 Å². The fraction of sp³-hybridized carbons (Fsp3) is 0.429. The van der Waals surface area contributed by atoms with Crippen LogP contribution in [0.2, 0.25) is 0 Å². The molecule has 0 radical (unpaired) electrons. The van der Waals surface area contributed by atoms with E-state index in [0.29, 0.717) is 18.9 Å². The van der Waals surface area contributed by atoms with Gasteiger partial charge in [0.05, 0.1) is 12.2 Å². The lowest BCUT2D eigenvalue weighted by Crippen LogP contribution is -2.34. The van der Waals surface area contributed by atoms with Crippen molar-refractivity contribution in [3.05, 3.63) is 47.7 Å². The lowest BCUT2D eigenvalue weighted by molar-refractivity contribution is -0.121. The summed E-state index contributed by atoms with van der Waals surface area (Å²) in [7, 11) is 0. The van der Waals surface area contributed by atoms with Crippen LogP contribution in [0.3, 0.4) is 0 Å². The molecule has 0 saturated heterocycles. The molecule has 0 unspecified atom stereocenters. The minimum atomic E-state index is -0.0110. The molecule has 1 amide bonds. The monoisotopic (exact) mass is 338 g/mol. The van der Waals surface area contributed by atoms with Gasteiger partial charge in [0.2, 0.25) is 5.91 Å². The fourth-order valence-electron chi connectivity index (χ4n) is 3.14. The number of aryl methyl sites for hydroxylation is 1. The largest absolute Gasteiger partial charge is 0.487 e. The molecule has 0 fully saturated rings. The molecule has 1 aromatic heterocycles. The third-order valence-electron chi connectivity index (χ3n) is 4.57. The van der Waals surface area contributed by atoms with Crippen molar-refractivity contribution < 1.29 is 9.53 Å². The SMILES string of the molecule is Cc1cccnc1-c1cccc2c1O[C@@H](CNC(=O)CCC(C)C)C2. The molecule has 132 valence electrons. The van der Waals surface area contributed by atoms with Gasteiger partial charge < -0.3 is 10.1 Å². The van der Waals surface area contributed by atoms with Crippen LogP contribution in [-0.4, -0.2) is 23.5 Å². The van der Waals surface area contributed by atoms with Crippen LogP contribution in [0.1, 0.15) is 37.8 Å². The van der Waals surface area contributed by atoms with E-state index in [0.717, 1.165) is 35.4 Å². The molecule has 4 heteroatoms. The zero-order valence-electron chi connectivity index (χ0n) is 15.2. The number of fused-ring (bicyclic) bond motifs is 1. The number of hydrogen-bond donors (Lipinski definition) is 1. The molecule has 0 spiro atoms. The Kier molecular flexibility index (Phi) is 5.37. The Balaban J connectivity index is 1.66. The summed E-state index contributed by atoms with van der Waals surface area (Å²) < 4.78 is 6.17. The molecule has 1 atom stereocenters. The van der Waals surface area contributed by atoms with Crippen LogP contribution < -0.4 is 10.1 Å². The highest BCUT2D eigenvalue weighted by Gasteiger charge is 2.26. The first-order chi connectivity index (χ1) is 12.0. The van der Waals surface area contributed by atoms with Gasteiger partial charge in [0.1, 0.15) is 11.9 Å². The zero-order chi connectivity index (χ0) is 17.8. The highest BCUT2D eigenvalue weighted by molar-refractivity contribution is 5.76. The average Bonchev–Trinajstić information content (AvgIpc) is 3.02. The molecule has 0 saturated carbocycles. The van der Waals surface area contributed by atoms with Gasteiger partial charge in [0.15, 0.2) is 0 Å². The van der Waals surface area contributed by atoms with E-state index in [1.807, 2.05) is 12.3 Å². The van der Waals surface area contributed by atoms with Gasteiger partial charge in [-0.15, -0.1) is 0 Å². The van der Waals surface area contributed by atoms with Crippen molar-refractivity contribution in [2.45, 2.75) is 46.1 Å². The minimum absolute atomic E-state index is 0.0110. The quantitative estimate of drug-likeness (QED) is 0.869. The van der Waals surface area contributed by atoms with E-state index < -0.39 is 0 Å². The van der Waals surface area contributed by atoms with Gasteiger partial charge in [-0.2, -0.15) is 0 Å². The summed E-state index contributed by atoms with van der Waals surface area (Å²) in [6, 6.07) is 10.2. The molecule has 0 bridgehead atoms. The Hall–Kier alpha value is -2.36. The predicted octanol–water partition coefficient (Wildman–Crippen LogP) is 3.91. The Labute approximate surface area is 149 Å². The van der Waals surface area contributed by atoms with Crippen molar-refractivity contribution >= 4 is 5.91 Å². The summed E-state index contributed by atoms with van der Waals surface area (Å²) in [6.07, 6.45) is 4.11. The molecule has 1 N–H and O–H groups in total. The number of amides is 1. The number of ether oxygens (including phenoxy) is 1. The number of pyridine rings is 1. The Morgan fingerprint density at radius 2 is 2.16 bits per heavy atom. The van der Waals surface area contributed by atoms with Gasteiger partial charge >= 0.3 is 0 Å². The number of carbonyl (C=O) groups excluding carboxylic acids is 1. The topological polar surface area (TPSA) is 51.2 Å². The number of nitrogens with one attached hydrogen (secondary N) is 1. The van der Waals surface area contributed by atoms with Crippen LogP contribution in [0.25, 0.3) is 11.3 Å². The van der Waals surface area contributed by atoms with Gasteiger partial charge in [0.25, 0.3) is 0 Å². The van der Waals surface area contributed by atoms with Crippen LogP contribution in [0, 0.1) is 12.8 Å². The Morgan fingerprint density at radius 3 is 2.92 bits per heavy atom. The molecular formula is C21H26N2O2. The maximum Gasteiger partial charge on any atom is 0.220 e. The molecule has 4 nitrogen and oxygen atoms in total. The van der Waals surface area contributed by atoms with Crippen molar-refractivity contribution in [2.24, 2.45) is 5.92 Å². The molecule has 2 heterocycles. The first-order valence-electron chi connectivity index (χ1n) is 9.02. The van der Waals surface area contributed by atoms with E-state index in [1.54, 1.807) is 0 Å². The summed E-state index contributed by atoms with van der Waals surface area (Å²) in [5, 5.41) is 3.01. The Bertz CT molecular complexity index is 755. The van der Waals surface area contributed by atoms with Crippen molar-refractivity contribution in [1.29, 1.82) is 0 Å². The van der Waals surface area contributed by atoms with Crippen LogP contribution in [-0.2, 0) is 11.2 Å². The minimum Gasteiger partial charge on any atom is -0.487 e. The van der Waals surface area contributed by atoms with E-state index in [4.69, 9.17) is 4.74 Å². The number of benzene rings is 1. The molecule has 3 rings (SSSR count). The van der Waals surface area contributed by atoms with Crippen molar-refractivity contribution in [2.75, 3.05) is 6.54 Å². The lowest BCUT2D eigenvalue weighted by Gasteiger charge is -2.14. The van der Waals surface area contributed by atoms with Gasteiger partial charge in [0, 0.05) is 24.6 Å². The second-order valence-electron chi connectivity index (χ2n) is 7.14. The summed E-state index contributed by atoms with van der Waals surface area (Å²) in [6.45, 7) is 6.87. The zero-order valence-corrected chi connectivity index (χ0v) is 15.2. The van der Waals surface area contributed by atoms with Crippen LogP contribution in [0.5, 0.6) is 5.75 Å². The smallest absolute Gasteiger partial charge is 0.220 e. The average molecular weight is 338 g/mol. The number of hydrogen-bond acceptors (Lipinski definition) is 3. The summed E-state index contributed by atoms with van der Waals surface area (Å²) >= 11 is 0. The van der Waals surface area contributed by atoms with Crippen molar-refractivity contribution in [3.8, 4) is 17.0 Å². The van der Waals surface area contributed by atoms with Gasteiger partial charge in [-0.1, -0.05) is 32.0 Å². The third-order valence-corrected chi connectivity index (χ3v) is 4.57. The maximum absolute atomic E-state index is 11.9. The summed E-state index contributed by atoms with van der Waals surface area (Å²) in [5.41, 5.74) is 4.30. The lowest BCUT2D eigenvalue weighted by atomic mass is 10.0. The second kappa shape index (κ2) is 7.68.